The van der Waals surface area contributed by atoms with Crippen molar-refractivity contribution in [2.75, 3.05) is 19.6 Å². The van der Waals surface area contributed by atoms with Crippen LogP contribution in [-0.4, -0.2) is 32.7 Å². The van der Waals surface area contributed by atoms with Gasteiger partial charge in [-0.25, -0.2) is 17.7 Å². The van der Waals surface area contributed by atoms with Crippen LogP contribution in [0.2, 0.25) is 0 Å². The molecule has 1 nitrogen and oxygen atoms in total. The maximum atomic E-state index is 2.30. The summed E-state index contributed by atoms with van der Waals surface area (Å²) in [6, 6.07) is 44.2. The highest BCUT2D eigenvalue weighted by molar-refractivity contribution is 7.19. The van der Waals surface area contributed by atoms with Gasteiger partial charge in [0.25, 0.3) is 13.1 Å². The molecular formula is C36H48AlN. The normalized spacial score (nSPS) is 11.2. The van der Waals surface area contributed by atoms with Gasteiger partial charge < -0.3 is 4.90 Å². The van der Waals surface area contributed by atoms with Gasteiger partial charge in [-0.1, -0.05) is 113 Å². The van der Waals surface area contributed by atoms with Crippen LogP contribution in [0.1, 0.15) is 59.3 Å². The number of unbranched alkanes of at least 4 members (excludes halogenated alkanes) is 3. The molecule has 0 heterocycles. The minimum Gasteiger partial charge on any atom is -0.335 e. The van der Waals surface area contributed by atoms with Crippen LogP contribution in [0.25, 0.3) is 0 Å². The van der Waals surface area contributed by atoms with Crippen molar-refractivity contribution in [2.24, 2.45) is 0 Å². The third kappa shape index (κ3) is 8.18. The summed E-state index contributed by atoms with van der Waals surface area (Å²) >= 11 is -2.69. The third-order valence-electron chi connectivity index (χ3n) is 7.85. The van der Waals surface area contributed by atoms with Crippen molar-refractivity contribution in [1.82, 2.24) is 0 Å². The van der Waals surface area contributed by atoms with Gasteiger partial charge in [0.2, 0.25) is 0 Å². The molecule has 0 aliphatic heterocycles. The molecule has 1 N–H and O–H groups in total. The minimum absolute atomic E-state index is 1.35. The summed E-state index contributed by atoms with van der Waals surface area (Å²) in [5.74, 6) is 0. The molecule has 200 valence electrons. The Hall–Kier alpha value is -2.63. The van der Waals surface area contributed by atoms with Gasteiger partial charge >= 0.3 is 0 Å². The lowest BCUT2D eigenvalue weighted by atomic mass is 10.2. The molecule has 0 saturated heterocycles. The number of nitrogens with one attached hydrogen (secondary N) is 1. The van der Waals surface area contributed by atoms with Crippen molar-refractivity contribution < 1.29 is 4.90 Å². The summed E-state index contributed by atoms with van der Waals surface area (Å²) in [5, 5.41) is 0. The number of hydrogen-bond acceptors (Lipinski definition) is 0. The van der Waals surface area contributed by atoms with Gasteiger partial charge in [-0.05, 0) is 19.3 Å². The van der Waals surface area contributed by atoms with E-state index in [1.54, 1.807) is 0 Å². The van der Waals surface area contributed by atoms with E-state index in [4.69, 9.17) is 0 Å². The zero-order valence-electron chi connectivity index (χ0n) is 24.0. The lowest BCUT2D eigenvalue weighted by Crippen LogP contribution is -3.12. The van der Waals surface area contributed by atoms with E-state index in [2.05, 4.69) is 142 Å². The van der Waals surface area contributed by atoms with Crippen molar-refractivity contribution >= 4 is 30.8 Å². The highest BCUT2D eigenvalue weighted by Gasteiger charge is 2.35. The lowest BCUT2D eigenvalue weighted by Gasteiger charge is -2.40. The molecule has 4 aromatic rings. The van der Waals surface area contributed by atoms with Gasteiger partial charge in [0, 0.05) is 0 Å². The quantitative estimate of drug-likeness (QED) is 0.227. The summed E-state index contributed by atoms with van der Waals surface area (Å²) in [6.45, 7) is 11.1. The average Bonchev–Trinajstić information content (AvgIpc) is 3.00. The Morgan fingerprint density at radius 2 is 0.632 bits per heavy atom. The maximum absolute atomic E-state index is 2.69. The van der Waals surface area contributed by atoms with E-state index in [1.165, 1.54) is 75.9 Å². The molecule has 4 rings (SSSR count). The largest absolute Gasteiger partial charge is 0.335 e. The predicted molar refractivity (Wildman–Crippen MR) is 170 cm³/mol. The van der Waals surface area contributed by atoms with Crippen LogP contribution in [0.3, 0.4) is 0 Å². The van der Waals surface area contributed by atoms with Crippen LogP contribution in [0.4, 0.5) is 0 Å². The zero-order chi connectivity index (χ0) is 26.9. The van der Waals surface area contributed by atoms with Gasteiger partial charge in [-0.15, -0.1) is 48.5 Å². The first-order valence-electron chi connectivity index (χ1n) is 15.0. The maximum Gasteiger partial charge on any atom is 0.266 e. The first kappa shape index (κ1) is 29.9. The summed E-state index contributed by atoms with van der Waals surface area (Å²) in [6.07, 6.45) is 8.26. The Balaban J connectivity index is 0.000000263. The highest BCUT2D eigenvalue weighted by Crippen LogP contribution is 2.09. The van der Waals surface area contributed by atoms with Gasteiger partial charge in [0.1, 0.15) is 0 Å². The van der Waals surface area contributed by atoms with Gasteiger partial charge in [0.15, 0.2) is 0 Å². The Kier molecular flexibility index (Phi) is 13.4. The summed E-state index contributed by atoms with van der Waals surface area (Å²) < 4.78 is 5.77. The fraction of sp³-hybridized carbons (Fsp3) is 0.333. The molecule has 0 aliphatic rings. The summed E-state index contributed by atoms with van der Waals surface area (Å²) in [7, 11) is 0. The second-order valence-corrected chi connectivity index (χ2v) is 15.0. The Labute approximate surface area is 235 Å². The van der Waals surface area contributed by atoms with E-state index in [0.717, 1.165) is 0 Å². The molecule has 0 atom stereocenters. The molecule has 0 amide bonds. The van der Waals surface area contributed by atoms with Crippen LogP contribution in [0.15, 0.2) is 121 Å². The number of hydrogen-bond donors (Lipinski definition) is 1. The van der Waals surface area contributed by atoms with Crippen LogP contribution in [-0.2, 0) is 0 Å². The smallest absolute Gasteiger partial charge is 0.266 e. The van der Waals surface area contributed by atoms with Crippen molar-refractivity contribution in [3.8, 4) is 0 Å². The topological polar surface area (TPSA) is 4.44 Å². The van der Waals surface area contributed by atoms with Gasteiger partial charge in [-0.3, -0.25) is 0 Å². The van der Waals surface area contributed by atoms with Gasteiger partial charge in [0.05, 0.1) is 19.6 Å². The monoisotopic (exact) mass is 521 g/mol. The molecule has 0 bridgehead atoms. The van der Waals surface area contributed by atoms with Crippen LogP contribution < -0.4 is 22.6 Å². The SMILES string of the molecule is CCCC[NH+](CCCC)CCCC.c1cc[c]([Al-]([c]2ccccc2)([c]2ccccc2)[c]2ccccc2)cc1. The molecule has 0 spiro atoms. The van der Waals surface area contributed by atoms with Crippen molar-refractivity contribution in [3.05, 3.63) is 121 Å². The van der Waals surface area contributed by atoms with Crippen LogP contribution in [0.5, 0.6) is 0 Å². The van der Waals surface area contributed by atoms with Crippen molar-refractivity contribution in [1.29, 1.82) is 0 Å². The molecular weight excluding hydrogens is 473 g/mol. The Bertz CT molecular complexity index is 931. The van der Waals surface area contributed by atoms with Crippen LogP contribution >= 0.6 is 0 Å². The van der Waals surface area contributed by atoms with Gasteiger partial charge in [-0.2, -0.15) is 0 Å². The second-order valence-electron chi connectivity index (χ2n) is 10.6. The molecule has 2 heteroatoms. The number of rotatable bonds is 13. The average molecular weight is 522 g/mol. The molecule has 0 unspecified atom stereocenters. The Morgan fingerprint density at radius 3 is 0.842 bits per heavy atom. The second kappa shape index (κ2) is 17.1. The lowest BCUT2D eigenvalue weighted by molar-refractivity contribution is -0.900. The van der Waals surface area contributed by atoms with Crippen molar-refractivity contribution in [2.45, 2.75) is 59.3 Å². The molecule has 0 saturated carbocycles. The summed E-state index contributed by atoms with van der Waals surface area (Å²) in [4.78, 5) is 1.84. The summed E-state index contributed by atoms with van der Waals surface area (Å²) in [5.41, 5.74) is 0. The van der Waals surface area contributed by atoms with Crippen LogP contribution in [0, 0.1) is 0 Å². The Morgan fingerprint density at radius 1 is 0.395 bits per heavy atom. The van der Waals surface area contributed by atoms with E-state index in [9.17, 15) is 0 Å². The van der Waals surface area contributed by atoms with E-state index in [-0.39, 0.29) is 0 Å². The molecule has 38 heavy (non-hydrogen) atoms. The predicted octanol–water partition coefficient (Wildman–Crippen LogP) is 5.34. The number of quaternary nitrogens is 1. The molecule has 0 aliphatic carbocycles. The molecule has 4 aromatic carbocycles. The fourth-order valence-electron chi connectivity index (χ4n) is 5.78. The number of benzene rings is 4. The van der Waals surface area contributed by atoms with E-state index in [1.807, 2.05) is 4.90 Å². The molecule has 0 radical (unpaired) electrons. The standard InChI is InChI=1S/C12H27N.4C6H5.Al/c1-4-7-10-13(11-8-5-2)12-9-6-3;4*1-2-4-6-5-3-1;/h4-12H2,1-3H3;4*1-5H;/q;;;;;-1/p+1. The highest BCUT2D eigenvalue weighted by atomic mass is 27.2. The van der Waals surface area contributed by atoms with E-state index in [0.29, 0.717) is 0 Å². The minimum atomic E-state index is -2.69. The first-order chi connectivity index (χ1) is 18.8. The molecule has 0 fully saturated rings. The van der Waals surface area contributed by atoms with Crippen molar-refractivity contribution in [3.63, 3.8) is 0 Å². The fourth-order valence-corrected chi connectivity index (χ4v) is 11.3. The first-order valence-corrected chi connectivity index (χ1v) is 17.3. The zero-order valence-corrected chi connectivity index (χ0v) is 25.1. The van der Waals surface area contributed by atoms with E-state index >= 15 is 0 Å². The van der Waals surface area contributed by atoms with E-state index < -0.39 is 13.1 Å². The third-order valence-corrected chi connectivity index (χ3v) is 13.4. The molecule has 0 aromatic heterocycles.